The van der Waals surface area contributed by atoms with E-state index in [2.05, 4.69) is 19.3 Å². The summed E-state index contributed by atoms with van der Waals surface area (Å²) in [5, 5.41) is 8.54. The van der Waals surface area contributed by atoms with Gasteiger partial charge in [0.15, 0.2) is 0 Å². The van der Waals surface area contributed by atoms with Gasteiger partial charge in [0.25, 0.3) is 0 Å². The molecule has 0 spiro atoms. The minimum atomic E-state index is 0.146. The van der Waals surface area contributed by atoms with Crippen LogP contribution in [0, 0.1) is 5.92 Å². The van der Waals surface area contributed by atoms with Crippen LogP contribution in [0.1, 0.15) is 20.3 Å². The molecule has 0 amide bonds. The van der Waals surface area contributed by atoms with Gasteiger partial charge in [-0.15, -0.1) is 0 Å². The van der Waals surface area contributed by atoms with Crippen LogP contribution in [0.2, 0.25) is 0 Å². The Kier molecular flexibility index (Phi) is 2.65. The van der Waals surface area contributed by atoms with E-state index in [1.54, 1.807) is 0 Å². The number of hydrogen-bond donors (Lipinski definition) is 2. The van der Waals surface area contributed by atoms with Crippen LogP contribution in [0.3, 0.4) is 0 Å². The topological polar surface area (TPSA) is 41.5 Å². The van der Waals surface area contributed by atoms with E-state index in [1.165, 1.54) is 0 Å². The number of nitrogens with one attached hydrogen (secondary N) is 1. The predicted molar refractivity (Wildman–Crippen MR) is 37.9 cm³/mol. The maximum Gasteiger partial charge on any atom is 0.0647 e. The van der Waals surface area contributed by atoms with Gasteiger partial charge in [-0.1, -0.05) is 13.8 Å². The van der Waals surface area contributed by atoms with Crippen molar-refractivity contribution in [3.63, 3.8) is 0 Å². The van der Waals surface area contributed by atoms with Crippen molar-refractivity contribution in [2.45, 2.75) is 32.4 Å². The highest BCUT2D eigenvalue weighted by Crippen LogP contribution is 2.19. The summed E-state index contributed by atoms with van der Waals surface area (Å²) in [4.78, 5) is 0. The van der Waals surface area contributed by atoms with E-state index in [0.717, 1.165) is 6.42 Å². The highest BCUT2D eigenvalue weighted by Gasteiger charge is 2.26. The lowest BCUT2D eigenvalue weighted by Gasteiger charge is -2.12. The van der Waals surface area contributed by atoms with Gasteiger partial charge >= 0.3 is 0 Å². The predicted octanol–water partition coefficient (Wildman–Crippen LogP) is 0.779. The largest absolute Gasteiger partial charge is 0.376 e. The highest BCUT2D eigenvalue weighted by atomic mass is 16.5. The zero-order valence-corrected chi connectivity index (χ0v) is 6.50. The second kappa shape index (κ2) is 3.32. The lowest BCUT2D eigenvalue weighted by Crippen LogP contribution is -2.26. The molecule has 3 nitrogen and oxygen atoms in total. The molecule has 2 N–H and O–H groups in total. The zero-order chi connectivity index (χ0) is 7.56. The molecule has 0 aromatic rings. The van der Waals surface area contributed by atoms with Crippen molar-refractivity contribution in [3.8, 4) is 0 Å². The Bertz CT molecular complexity index is 106. The normalized spacial score (nSPS) is 33.6. The molecule has 1 heterocycles. The summed E-state index contributed by atoms with van der Waals surface area (Å²) in [5.41, 5.74) is 2.22. The summed E-state index contributed by atoms with van der Waals surface area (Å²) in [6.45, 7) is 4.90. The molecule has 1 aliphatic rings. The Balaban J connectivity index is 2.28. The van der Waals surface area contributed by atoms with Crippen molar-refractivity contribution in [2.24, 2.45) is 5.92 Å². The lowest BCUT2D eigenvalue weighted by atomic mass is 10.0. The Labute approximate surface area is 61.3 Å². The van der Waals surface area contributed by atoms with Gasteiger partial charge in [0.2, 0.25) is 0 Å². The first-order chi connectivity index (χ1) is 4.74. The van der Waals surface area contributed by atoms with Crippen molar-refractivity contribution in [1.82, 2.24) is 5.48 Å². The van der Waals surface area contributed by atoms with Crippen molar-refractivity contribution < 1.29 is 9.94 Å². The first-order valence-corrected chi connectivity index (χ1v) is 3.75. The van der Waals surface area contributed by atoms with Gasteiger partial charge in [-0.3, -0.25) is 0 Å². The molecule has 60 valence electrons. The van der Waals surface area contributed by atoms with Crippen LogP contribution < -0.4 is 5.48 Å². The van der Waals surface area contributed by atoms with E-state index in [0.29, 0.717) is 18.6 Å². The van der Waals surface area contributed by atoms with Crippen LogP contribution in [-0.2, 0) is 4.74 Å². The van der Waals surface area contributed by atoms with E-state index in [4.69, 9.17) is 9.94 Å². The first kappa shape index (κ1) is 7.98. The molecule has 0 saturated carbocycles. The summed E-state index contributed by atoms with van der Waals surface area (Å²) < 4.78 is 5.40. The van der Waals surface area contributed by atoms with Crippen LogP contribution in [-0.4, -0.2) is 24.0 Å². The quantitative estimate of drug-likeness (QED) is 0.564. The smallest absolute Gasteiger partial charge is 0.0647 e. The monoisotopic (exact) mass is 145 g/mol. The SMILES string of the molecule is CC(C)C1CC(NO)CO1. The standard InChI is InChI=1S/C7H15NO2/c1-5(2)7-3-6(8-9)4-10-7/h5-9H,3-4H2,1-2H3. The second-order valence-electron chi connectivity index (χ2n) is 3.18. The van der Waals surface area contributed by atoms with Gasteiger partial charge in [0, 0.05) is 0 Å². The fourth-order valence-electron chi connectivity index (χ4n) is 1.21. The minimum Gasteiger partial charge on any atom is -0.376 e. The fourth-order valence-corrected chi connectivity index (χ4v) is 1.21. The van der Waals surface area contributed by atoms with Gasteiger partial charge in [0.1, 0.15) is 0 Å². The summed E-state index contributed by atoms with van der Waals surface area (Å²) in [5.74, 6) is 0.554. The van der Waals surface area contributed by atoms with Crippen molar-refractivity contribution in [3.05, 3.63) is 0 Å². The molecule has 0 aliphatic carbocycles. The average Bonchev–Trinajstić information content (AvgIpc) is 2.34. The van der Waals surface area contributed by atoms with E-state index < -0.39 is 0 Å². The molecule has 1 rings (SSSR count). The van der Waals surface area contributed by atoms with E-state index in [1.807, 2.05) is 0 Å². The molecule has 1 aliphatic heterocycles. The Hall–Kier alpha value is -0.120. The molecule has 10 heavy (non-hydrogen) atoms. The Morgan fingerprint density at radius 3 is 2.60 bits per heavy atom. The number of rotatable bonds is 2. The molecular formula is C7H15NO2. The first-order valence-electron chi connectivity index (χ1n) is 3.75. The molecule has 0 radical (unpaired) electrons. The maximum atomic E-state index is 8.54. The molecule has 1 saturated heterocycles. The van der Waals surface area contributed by atoms with E-state index in [9.17, 15) is 0 Å². The van der Waals surface area contributed by atoms with Crippen molar-refractivity contribution in [1.29, 1.82) is 0 Å². The van der Waals surface area contributed by atoms with Crippen LogP contribution in [0.4, 0.5) is 0 Å². The van der Waals surface area contributed by atoms with Crippen LogP contribution in [0.15, 0.2) is 0 Å². The molecule has 0 aromatic carbocycles. The molecule has 0 bridgehead atoms. The Morgan fingerprint density at radius 2 is 2.30 bits per heavy atom. The second-order valence-corrected chi connectivity index (χ2v) is 3.18. The molecule has 2 atom stereocenters. The maximum absolute atomic E-state index is 8.54. The average molecular weight is 145 g/mol. The highest BCUT2D eigenvalue weighted by molar-refractivity contribution is 4.77. The molecule has 2 unspecified atom stereocenters. The molecule has 3 heteroatoms. The third-order valence-corrected chi connectivity index (χ3v) is 1.95. The lowest BCUT2D eigenvalue weighted by molar-refractivity contribution is 0.0658. The van der Waals surface area contributed by atoms with E-state index >= 15 is 0 Å². The summed E-state index contributed by atoms with van der Waals surface area (Å²) in [6, 6.07) is 0.146. The van der Waals surface area contributed by atoms with Gasteiger partial charge in [-0.05, 0) is 12.3 Å². The third-order valence-electron chi connectivity index (χ3n) is 1.95. The van der Waals surface area contributed by atoms with Crippen molar-refractivity contribution in [2.75, 3.05) is 6.61 Å². The van der Waals surface area contributed by atoms with Gasteiger partial charge in [0.05, 0.1) is 18.8 Å². The van der Waals surface area contributed by atoms with Crippen molar-refractivity contribution >= 4 is 0 Å². The fraction of sp³-hybridized carbons (Fsp3) is 1.00. The summed E-state index contributed by atoms with van der Waals surface area (Å²) in [7, 11) is 0. The molecule has 0 aromatic heterocycles. The van der Waals surface area contributed by atoms with Gasteiger partial charge < -0.3 is 9.94 Å². The summed E-state index contributed by atoms with van der Waals surface area (Å²) >= 11 is 0. The van der Waals surface area contributed by atoms with Crippen LogP contribution >= 0.6 is 0 Å². The Morgan fingerprint density at radius 1 is 1.60 bits per heavy atom. The van der Waals surface area contributed by atoms with Gasteiger partial charge in [-0.25, -0.2) is 5.48 Å². The number of ether oxygens (including phenoxy) is 1. The third kappa shape index (κ3) is 1.68. The van der Waals surface area contributed by atoms with E-state index in [-0.39, 0.29) is 6.04 Å². The minimum absolute atomic E-state index is 0.146. The van der Waals surface area contributed by atoms with Gasteiger partial charge in [-0.2, -0.15) is 0 Å². The van der Waals surface area contributed by atoms with Crippen LogP contribution in [0.5, 0.6) is 0 Å². The summed E-state index contributed by atoms with van der Waals surface area (Å²) in [6.07, 6.45) is 1.25. The molecule has 1 fully saturated rings. The molecular weight excluding hydrogens is 130 g/mol. The zero-order valence-electron chi connectivity index (χ0n) is 6.50. The van der Waals surface area contributed by atoms with Crippen LogP contribution in [0.25, 0.3) is 0 Å². The number of hydrogen-bond acceptors (Lipinski definition) is 3. The number of hydroxylamine groups is 1.